The third kappa shape index (κ3) is 4.03. The normalized spacial score (nSPS) is 14.2. The van der Waals surface area contributed by atoms with Crippen LogP contribution in [0, 0.1) is 0 Å². The van der Waals surface area contributed by atoms with E-state index in [4.69, 9.17) is 4.74 Å². The van der Waals surface area contributed by atoms with Gasteiger partial charge < -0.3 is 10.1 Å². The van der Waals surface area contributed by atoms with E-state index < -0.39 is 0 Å². The molecule has 0 amide bonds. The number of nitrogens with one attached hydrogen (secondary N) is 1. The Balaban J connectivity index is 1.43. The van der Waals surface area contributed by atoms with Crippen LogP contribution in [0.3, 0.4) is 0 Å². The molecule has 1 N–H and O–H groups in total. The van der Waals surface area contributed by atoms with Gasteiger partial charge in [-0.05, 0) is 37.1 Å². The van der Waals surface area contributed by atoms with E-state index in [1.54, 1.807) is 12.4 Å². The predicted octanol–water partition coefficient (Wildman–Crippen LogP) is 2.35. The number of pyridine rings is 2. The molecule has 1 fully saturated rings. The van der Waals surface area contributed by atoms with Crippen LogP contribution < -0.4 is 10.1 Å². The third-order valence-electron chi connectivity index (χ3n) is 3.30. The number of rotatable bonds is 7. The van der Waals surface area contributed by atoms with Gasteiger partial charge in [-0.3, -0.25) is 9.97 Å². The molecule has 2 heterocycles. The zero-order valence-electron chi connectivity index (χ0n) is 11.5. The molecule has 1 aliphatic rings. The minimum absolute atomic E-state index is 0.623. The fourth-order valence-electron chi connectivity index (χ4n) is 1.96. The summed E-state index contributed by atoms with van der Waals surface area (Å²) in [6, 6.07) is 10.6. The zero-order valence-corrected chi connectivity index (χ0v) is 11.5. The van der Waals surface area contributed by atoms with Gasteiger partial charge in [-0.25, -0.2) is 0 Å². The molecule has 0 radical (unpaired) electrons. The van der Waals surface area contributed by atoms with Gasteiger partial charge in [0.05, 0.1) is 18.5 Å². The first kappa shape index (κ1) is 13.1. The van der Waals surface area contributed by atoms with E-state index in [1.165, 1.54) is 12.8 Å². The Bertz CT molecular complexity index is 523. The Morgan fingerprint density at radius 2 is 2.05 bits per heavy atom. The molecule has 20 heavy (non-hydrogen) atoms. The van der Waals surface area contributed by atoms with Crippen LogP contribution in [0.2, 0.25) is 0 Å². The van der Waals surface area contributed by atoms with Crippen molar-refractivity contribution in [3.8, 4) is 5.75 Å². The van der Waals surface area contributed by atoms with Crippen molar-refractivity contribution >= 4 is 0 Å². The molecule has 4 heteroatoms. The van der Waals surface area contributed by atoms with Crippen molar-refractivity contribution in [1.82, 2.24) is 15.3 Å². The Hall–Kier alpha value is -1.94. The fourth-order valence-corrected chi connectivity index (χ4v) is 1.96. The largest absolute Gasteiger partial charge is 0.492 e. The van der Waals surface area contributed by atoms with Gasteiger partial charge in [-0.2, -0.15) is 0 Å². The first-order chi connectivity index (χ1) is 9.90. The van der Waals surface area contributed by atoms with Crippen molar-refractivity contribution in [1.29, 1.82) is 0 Å². The average molecular weight is 269 g/mol. The van der Waals surface area contributed by atoms with E-state index in [1.807, 2.05) is 30.3 Å². The topological polar surface area (TPSA) is 47.0 Å². The van der Waals surface area contributed by atoms with Gasteiger partial charge >= 0.3 is 0 Å². The summed E-state index contributed by atoms with van der Waals surface area (Å²) < 4.78 is 5.68. The maximum Gasteiger partial charge on any atom is 0.137 e. The van der Waals surface area contributed by atoms with Crippen molar-refractivity contribution < 1.29 is 4.74 Å². The van der Waals surface area contributed by atoms with E-state index >= 15 is 0 Å². The van der Waals surface area contributed by atoms with Crippen molar-refractivity contribution in [3.63, 3.8) is 0 Å². The van der Waals surface area contributed by atoms with Crippen LogP contribution in [0.1, 0.15) is 24.2 Å². The highest BCUT2D eigenvalue weighted by molar-refractivity contribution is 5.20. The van der Waals surface area contributed by atoms with Crippen molar-refractivity contribution in [2.24, 2.45) is 0 Å². The lowest BCUT2D eigenvalue weighted by Crippen LogP contribution is -2.16. The van der Waals surface area contributed by atoms with Crippen LogP contribution in [0.15, 0.2) is 42.7 Å². The van der Waals surface area contributed by atoms with E-state index in [2.05, 4.69) is 15.3 Å². The maximum absolute atomic E-state index is 5.68. The smallest absolute Gasteiger partial charge is 0.137 e. The second-order valence-corrected chi connectivity index (χ2v) is 5.06. The molecule has 0 bridgehead atoms. The van der Waals surface area contributed by atoms with Crippen LogP contribution in [-0.4, -0.2) is 22.6 Å². The molecule has 0 atom stereocenters. The summed E-state index contributed by atoms with van der Waals surface area (Å²) in [6.07, 6.45) is 7.01. The second kappa shape index (κ2) is 6.48. The Kier molecular flexibility index (Phi) is 4.23. The van der Waals surface area contributed by atoms with Gasteiger partial charge in [0, 0.05) is 30.9 Å². The summed E-state index contributed by atoms with van der Waals surface area (Å²) in [7, 11) is 0. The summed E-state index contributed by atoms with van der Waals surface area (Å²) in [6.45, 7) is 1.47. The summed E-state index contributed by atoms with van der Waals surface area (Å²) >= 11 is 0. The quantitative estimate of drug-likeness (QED) is 0.838. The minimum atomic E-state index is 0.623. The van der Waals surface area contributed by atoms with Crippen LogP contribution in [0.4, 0.5) is 0 Å². The zero-order chi connectivity index (χ0) is 13.6. The molecule has 3 rings (SSSR count). The lowest BCUT2D eigenvalue weighted by Gasteiger charge is -2.07. The maximum atomic E-state index is 5.68. The van der Waals surface area contributed by atoms with Gasteiger partial charge in [0.15, 0.2) is 0 Å². The molecule has 2 aromatic heterocycles. The standard InChI is InChI=1S/C16H19N3O/c1-2-9-17-13(3-1)8-10-20-16-7-6-15(19-12-16)11-18-14-4-5-14/h1-3,6-7,9,12,14,18H,4-5,8,10-11H2. The Morgan fingerprint density at radius 1 is 1.10 bits per heavy atom. The van der Waals surface area contributed by atoms with Crippen LogP contribution in [-0.2, 0) is 13.0 Å². The van der Waals surface area contributed by atoms with E-state index in [-0.39, 0.29) is 0 Å². The first-order valence-electron chi connectivity index (χ1n) is 7.11. The van der Waals surface area contributed by atoms with Crippen LogP contribution in [0.25, 0.3) is 0 Å². The SMILES string of the molecule is c1ccc(CCOc2ccc(CNC3CC3)nc2)nc1. The fraction of sp³-hybridized carbons (Fsp3) is 0.375. The summed E-state index contributed by atoms with van der Waals surface area (Å²) in [5.41, 5.74) is 2.11. The lowest BCUT2D eigenvalue weighted by molar-refractivity contribution is 0.319. The van der Waals surface area contributed by atoms with Gasteiger partial charge in [0.1, 0.15) is 5.75 Å². The number of ether oxygens (including phenoxy) is 1. The molecule has 1 saturated carbocycles. The molecule has 0 saturated heterocycles. The summed E-state index contributed by atoms with van der Waals surface area (Å²) in [5.74, 6) is 0.816. The molecular formula is C16H19N3O. The Morgan fingerprint density at radius 3 is 2.75 bits per heavy atom. The molecule has 104 valence electrons. The van der Waals surface area contributed by atoms with Crippen molar-refractivity contribution in [2.45, 2.75) is 31.8 Å². The highest BCUT2D eigenvalue weighted by Crippen LogP contribution is 2.19. The molecule has 1 aliphatic carbocycles. The minimum Gasteiger partial charge on any atom is -0.492 e. The monoisotopic (exact) mass is 269 g/mol. The third-order valence-corrected chi connectivity index (χ3v) is 3.30. The first-order valence-corrected chi connectivity index (χ1v) is 7.11. The highest BCUT2D eigenvalue weighted by Gasteiger charge is 2.19. The highest BCUT2D eigenvalue weighted by atomic mass is 16.5. The number of hydrogen-bond acceptors (Lipinski definition) is 4. The molecule has 0 unspecified atom stereocenters. The van der Waals surface area contributed by atoms with Crippen LogP contribution >= 0.6 is 0 Å². The van der Waals surface area contributed by atoms with Gasteiger partial charge in [-0.1, -0.05) is 6.07 Å². The average Bonchev–Trinajstić information content (AvgIpc) is 3.32. The summed E-state index contributed by atoms with van der Waals surface area (Å²) in [4.78, 5) is 8.67. The number of aromatic nitrogens is 2. The molecule has 0 spiro atoms. The molecular weight excluding hydrogens is 250 g/mol. The predicted molar refractivity (Wildman–Crippen MR) is 77.5 cm³/mol. The summed E-state index contributed by atoms with van der Waals surface area (Å²) in [5, 5.41) is 3.45. The van der Waals surface area contributed by atoms with Crippen molar-refractivity contribution in [2.75, 3.05) is 6.61 Å². The molecule has 2 aromatic rings. The van der Waals surface area contributed by atoms with E-state index in [0.29, 0.717) is 12.6 Å². The van der Waals surface area contributed by atoms with E-state index in [9.17, 15) is 0 Å². The van der Waals surface area contributed by atoms with Gasteiger partial charge in [-0.15, -0.1) is 0 Å². The molecule has 0 aromatic carbocycles. The molecule has 0 aliphatic heterocycles. The van der Waals surface area contributed by atoms with E-state index in [0.717, 1.165) is 30.1 Å². The van der Waals surface area contributed by atoms with Gasteiger partial charge in [0.2, 0.25) is 0 Å². The van der Waals surface area contributed by atoms with Crippen LogP contribution in [0.5, 0.6) is 5.75 Å². The second-order valence-electron chi connectivity index (χ2n) is 5.06. The lowest BCUT2D eigenvalue weighted by atomic mass is 10.3. The number of nitrogens with zero attached hydrogens (tertiary/aromatic N) is 2. The van der Waals surface area contributed by atoms with Gasteiger partial charge in [0.25, 0.3) is 0 Å². The Labute approximate surface area is 119 Å². The number of hydrogen-bond donors (Lipinski definition) is 1. The molecule has 4 nitrogen and oxygen atoms in total. The van der Waals surface area contributed by atoms with Crippen molar-refractivity contribution in [3.05, 3.63) is 54.1 Å².